The third-order valence-corrected chi connectivity index (χ3v) is 6.70. The van der Waals surface area contributed by atoms with Crippen LogP contribution in [-0.4, -0.2) is 70.6 Å². The molecule has 2 aliphatic rings. The molecule has 0 radical (unpaired) electrons. The molecule has 7 nitrogen and oxygen atoms in total. The summed E-state index contributed by atoms with van der Waals surface area (Å²) in [7, 11) is 5.58. The van der Waals surface area contributed by atoms with E-state index < -0.39 is 0 Å². The summed E-state index contributed by atoms with van der Waals surface area (Å²) in [5.74, 6) is 3.53. The fraction of sp³-hybridized carbons (Fsp3) is 0.462. The van der Waals surface area contributed by atoms with E-state index in [0.717, 1.165) is 72.4 Å². The molecule has 174 valence electrons. The van der Waals surface area contributed by atoms with Crippen molar-refractivity contribution in [1.82, 2.24) is 9.97 Å². The maximum Gasteiger partial charge on any atom is 0.142 e. The summed E-state index contributed by atoms with van der Waals surface area (Å²) >= 11 is 0. The summed E-state index contributed by atoms with van der Waals surface area (Å²) in [5, 5.41) is 1.13. The molecule has 0 spiro atoms. The first-order valence-corrected chi connectivity index (χ1v) is 11.8. The van der Waals surface area contributed by atoms with Gasteiger partial charge in [0.25, 0.3) is 0 Å². The molecule has 0 atom stereocenters. The number of rotatable bonds is 8. The number of methoxy groups -OCH3 is 2. The summed E-state index contributed by atoms with van der Waals surface area (Å²) in [5.41, 5.74) is 3.36. The number of fused-ring (bicyclic) bond motifs is 1. The van der Waals surface area contributed by atoms with Crippen LogP contribution < -0.4 is 19.4 Å². The molecular formula is C26H33N5O2. The molecule has 1 saturated carbocycles. The minimum Gasteiger partial charge on any atom is -0.495 e. The van der Waals surface area contributed by atoms with E-state index in [0.29, 0.717) is 12.5 Å². The van der Waals surface area contributed by atoms with E-state index in [1.54, 1.807) is 14.2 Å². The lowest BCUT2D eigenvalue weighted by molar-refractivity contribution is 0.206. The molecule has 0 amide bonds. The Morgan fingerprint density at radius 1 is 0.970 bits per heavy atom. The van der Waals surface area contributed by atoms with Crippen LogP contribution in [0.4, 0.5) is 17.2 Å². The van der Waals surface area contributed by atoms with Crippen molar-refractivity contribution >= 4 is 28.1 Å². The number of para-hydroxylation sites is 2. The van der Waals surface area contributed by atoms with Gasteiger partial charge < -0.3 is 24.2 Å². The molecule has 0 unspecified atom stereocenters. The Hall–Kier alpha value is -3.06. The lowest BCUT2D eigenvalue weighted by Gasteiger charge is -2.37. The number of likely N-dealkylation sites (N-methyl/N-ethyl adjacent to an activating group) is 1. The summed E-state index contributed by atoms with van der Waals surface area (Å²) in [6, 6.07) is 14.8. The molecule has 2 aromatic carbocycles. The molecule has 1 saturated heterocycles. The molecule has 2 fully saturated rings. The van der Waals surface area contributed by atoms with Crippen LogP contribution >= 0.6 is 0 Å². The van der Waals surface area contributed by atoms with E-state index in [1.165, 1.54) is 12.8 Å². The fourth-order valence-electron chi connectivity index (χ4n) is 4.53. The highest BCUT2D eigenvalue weighted by molar-refractivity contribution is 5.92. The number of aromatic nitrogens is 2. The predicted octanol–water partition coefficient (Wildman–Crippen LogP) is 3.93. The van der Waals surface area contributed by atoms with Crippen molar-refractivity contribution in [3.63, 3.8) is 0 Å². The Morgan fingerprint density at radius 2 is 1.73 bits per heavy atom. The molecule has 1 aliphatic heterocycles. The molecule has 2 heterocycles. The van der Waals surface area contributed by atoms with E-state index in [9.17, 15) is 0 Å². The van der Waals surface area contributed by atoms with Crippen LogP contribution in [0.15, 0.2) is 42.5 Å². The molecule has 0 N–H and O–H groups in total. The van der Waals surface area contributed by atoms with E-state index >= 15 is 0 Å². The van der Waals surface area contributed by atoms with Crippen molar-refractivity contribution in [2.75, 3.05) is 75.3 Å². The second-order valence-corrected chi connectivity index (χ2v) is 8.94. The van der Waals surface area contributed by atoms with Gasteiger partial charge in [0.05, 0.1) is 24.9 Å². The highest BCUT2D eigenvalue weighted by Crippen LogP contribution is 2.40. The molecule has 7 heteroatoms. The molecule has 0 bridgehead atoms. The lowest BCUT2D eigenvalue weighted by Crippen LogP contribution is -2.47. The summed E-state index contributed by atoms with van der Waals surface area (Å²) in [6.07, 6.45) is 2.40. The van der Waals surface area contributed by atoms with Crippen LogP contribution in [0.25, 0.3) is 10.9 Å². The SMILES string of the molecule is COCCN(C)c1ccc2nc(C3CC3)nc(N3CCN(c4ccccc4OC)CC3)c2c1. The van der Waals surface area contributed by atoms with Crippen LogP contribution in [0.2, 0.25) is 0 Å². The van der Waals surface area contributed by atoms with Gasteiger partial charge in [-0.25, -0.2) is 9.97 Å². The standard InChI is InChI=1S/C26H33N5O2/c1-29(16-17-32-2)20-10-11-22-21(18-20)26(28-25(27-22)19-8-9-19)31-14-12-30(13-15-31)23-6-4-5-7-24(23)33-3/h4-7,10-11,18-19H,8-9,12-17H2,1-3H3. The lowest BCUT2D eigenvalue weighted by atomic mass is 10.1. The van der Waals surface area contributed by atoms with Crippen molar-refractivity contribution in [3.05, 3.63) is 48.3 Å². The van der Waals surface area contributed by atoms with Crippen molar-refractivity contribution in [1.29, 1.82) is 0 Å². The van der Waals surface area contributed by atoms with Gasteiger partial charge in [0.15, 0.2) is 0 Å². The van der Waals surface area contributed by atoms with Gasteiger partial charge >= 0.3 is 0 Å². The number of nitrogens with zero attached hydrogens (tertiary/aromatic N) is 5. The number of anilines is 3. The maximum absolute atomic E-state index is 5.59. The van der Waals surface area contributed by atoms with Gasteiger partial charge in [-0.3, -0.25) is 0 Å². The van der Waals surface area contributed by atoms with E-state index in [-0.39, 0.29) is 0 Å². The first kappa shape index (κ1) is 21.8. The maximum atomic E-state index is 5.59. The van der Waals surface area contributed by atoms with Gasteiger partial charge in [-0.05, 0) is 43.2 Å². The van der Waals surface area contributed by atoms with E-state index in [2.05, 4.69) is 52.1 Å². The zero-order valence-electron chi connectivity index (χ0n) is 19.8. The highest BCUT2D eigenvalue weighted by atomic mass is 16.5. The van der Waals surface area contributed by atoms with Crippen LogP contribution in [0.3, 0.4) is 0 Å². The van der Waals surface area contributed by atoms with Crippen LogP contribution in [0, 0.1) is 0 Å². The van der Waals surface area contributed by atoms with Gasteiger partial charge in [0, 0.05) is 63.9 Å². The summed E-state index contributed by atoms with van der Waals surface area (Å²) in [4.78, 5) is 17.1. The molecular weight excluding hydrogens is 414 g/mol. The smallest absolute Gasteiger partial charge is 0.142 e. The van der Waals surface area contributed by atoms with Gasteiger partial charge in [-0.15, -0.1) is 0 Å². The number of hydrogen-bond donors (Lipinski definition) is 0. The Morgan fingerprint density at radius 3 is 2.45 bits per heavy atom. The minimum atomic E-state index is 0.520. The Kier molecular flexibility index (Phi) is 6.22. The number of piperazine rings is 1. The molecule has 1 aromatic heterocycles. The highest BCUT2D eigenvalue weighted by Gasteiger charge is 2.29. The average molecular weight is 448 g/mol. The molecule has 5 rings (SSSR count). The monoisotopic (exact) mass is 447 g/mol. The van der Waals surface area contributed by atoms with Gasteiger partial charge in [0.2, 0.25) is 0 Å². The molecule has 33 heavy (non-hydrogen) atoms. The Balaban J connectivity index is 1.43. The number of benzene rings is 2. The van der Waals surface area contributed by atoms with Gasteiger partial charge in [-0.2, -0.15) is 0 Å². The third-order valence-electron chi connectivity index (χ3n) is 6.70. The molecule has 3 aromatic rings. The van der Waals surface area contributed by atoms with E-state index in [4.69, 9.17) is 19.4 Å². The minimum absolute atomic E-state index is 0.520. The van der Waals surface area contributed by atoms with Crippen molar-refractivity contribution in [3.8, 4) is 5.75 Å². The topological polar surface area (TPSA) is 54.0 Å². The van der Waals surface area contributed by atoms with Crippen LogP contribution in [0.5, 0.6) is 5.75 Å². The zero-order valence-corrected chi connectivity index (χ0v) is 19.8. The average Bonchev–Trinajstić information content (AvgIpc) is 3.72. The normalized spacial score (nSPS) is 16.3. The van der Waals surface area contributed by atoms with Gasteiger partial charge in [0.1, 0.15) is 17.4 Å². The first-order valence-electron chi connectivity index (χ1n) is 11.8. The summed E-state index contributed by atoms with van der Waals surface area (Å²) in [6.45, 7) is 5.23. The Labute approximate surface area is 195 Å². The fourth-order valence-corrected chi connectivity index (χ4v) is 4.53. The summed E-state index contributed by atoms with van der Waals surface area (Å²) < 4.78 is 10.9. The number of hydrogen-bond acceptors (Lipinski definition) is 7. The first-order chi connectivity index (χ1) is 16.2. The predicted molar refractivity (Wildman–Crippen MR) is 134 cm³/mol. The Bertz CT molecular complexity index is 1110. The second kappa shape index (κ2) is 9.43. The van der Waals surface area contributed by atoms with Gasteiger partial charge in [-0.1, -0.05) is 12.1 Å². The number of ether oxygens (including phenoxy) is 2. The van der Waals surface area contributed by atoms with Crippen molar-refractivity contribution in [2.24, 2.45) is 0 Å². The van der Waals surface area contributed by atoms with E-state index in [1.807, 2.05) is 12.1 Å². The van der Waals surface area contributed by atoms with Crippen molar-refractivity contribution < 1.29 is 9.47 Å². The molecule has 1 aliphatic carbocycles. The van der Waals surface area contributed by atoms with Crippen LogP contribution in [0.1, 0.15) is 24.6 Å². The van der Waals surface area contributed by atoms with Crippen molar-refractivity contribution in [2.45, 2.75) is 18.8 Å². The largest absolute Gasteiger partial charge is 0.495 e. The third kappa shape index (κ3) is 4.55. The van der Waals surface area contributed by atoms with Crippen LogP contribution in [-0.2, 0) is 4.74 Å². The quantitative estimate of drug-likeness (QED) is 0.519. The zero-order chi connectivity index (χ0) is 22.8. The second-order valence-electron chi connectivity index (χ2n) is 8.94.